The molecule has 5 heteroatoms. The first-order valence-electron chi connectivity index (χ1n) is 6.13. The van der Waals surface area contributed by atoms with Crippen LogP contribution >= 0.6 is 0 Å². The standard InChI is InChI=1S/C13H22N4O/c1-9-10(2)16-11(8-15-9)14-7-6-12(18)17-13(3,4)5/h8H,6-7H2,1-5H3,(H,14,16)(H,17,18). The summed E-state index contributed by atoms with van der Waals surface area (Å²) in [6.45, 7) is 10.3. The lowest BCUT2D eigenvalue weighted by Gasteiger charge is -2.20. The third-order valence-corrected chi connectivity index (χ3v) is 2.36. The number of carbonyl (C=O) groups excluding carboxylic acids is 1. The van der Waals surface area contributed by atoms with Gasteiger partial charge in [0.05, 0.1) is 17.6 Å². The lowest BCUT2D eigenvalue weighted by molar-refractivity contribution is -0.122. The predicted octanol–water partition coefficient (Wildman–Crippen LogP) is 1.81. The monoisotopic (exact) mass is 250 g/mol. The zero-order chi connectivity index (χ0) is 13.8. The van der Waals surface area contributed by atoms with Gasteiger partial charge in [0.15, 0.2) is 0 Å². The zero-order valence-corrected chi connectivity index (χ0v) is 11.8. The quantitative estimate of drug-likeness (QED) is 0.855. The number of rotatable bonds is 4. The third kappa shape index (κ3) is 5.12. The Morgan fingerprint density at radius 1 is 1.28 bits per heavy atom. The average Bonchev–Trinajstić information content (AvgIpc) is 2.20. The molecule has 0 aliphatic carbocycles. The van der Waals surface area contributed by atoms with Crippen molar-refractivity contribution in [1.82, 2.24) is 15.3 Å². The van der Waals surface area contributed by atoms with E-state index < -0.39 is 0 Å². The number of carbonyl (C=O) groups is 1. The molecule has 1 aromatic rings. The Labute approximate surface area is 108 Å². The van der Waals surface area contributed by atoms with E-state index in [-0.39, 0.29) is 11.4 Å². The molecule has 0 aliphatic rings. The van der Waals surface area contributed by atoms with Gasteiger partial charge in [-0.3, -0.25) is 9.78 Å². The van der Waals surface area contributed by atoms with Crippen molar-refractivity contribution in [1.29, 1.82) is 0 Å². The van der Waals surface area contributed by atoms with E-state index in [1.54, 1.807) is 6.20 Å². The fourth-order valence-corrected chi connectivity index (χ4v) is 1.41. The van der Waals surface area contributed by atoms with Crippen molar-refractivity contribution in [3.8, 4) is 0 Å². The molecule has 0 spiro atoms. The van der Waals surface area contributed by atoms with Gasteiger partial charge in [-0.15, -0.1) is 0 Å². The Hall–Kier alpha value is -1.65. The van der Waals surface area contributed by atoms with Crippen molar-refractivity contribution < 1.29 is 4.79 Å². The molecule has 2 N–H and O–H groups in total. The summed E-state index contributed by atoms with van der Waals surface area (Å²) in [7, 11) is 0. The van der Waals surface area contributed by atoms with Crippen molar-refractivity contribution in [3.63, 3.8) is 0 Å². The van der Waals surface area contributed by atoms with Gasteiger partial charge in [0.25, 0.3) is 0 Å². The highest BCUT2D eigenvalue weighted by Gasteiger charge is 2.13. The van der Waals surface area contributed by atoms with Gasteiger partial charge in [0.1, 0.15) is 5.82 Å². The van der Waals surface area contributed by atoms with Crippen LogP contribution in [0.2, 0.25) is 0 Å². The van der Waals surface area contributed by atoms with E-state index in [0.717, 1.165) is 11.4 Å². The molecular weight excluding hydrogens is 228 g/mol. The van der Waals surface area contributed by atoms with Crippen molar-refractivity contribution in [2.75, 3.05) is 11.9 Å². The molecule has 0 aromatic carbocycles. The maximum atomic E-state index is 11.6. The van der Waals surface area contributed by atoms with E-state index in [0.29, 0.717) is 18.8 Å². The Balaban J connectivity index is 2.38. The van der Waals surface area contributed by atoms with Crippen molar-refractivity contribution >= 4 is 11.7 Å². The third-order valence-electron chi connectivity index (χ3n) is 2.36. The Morgan fingerprint density at radius 3 is 2.50 bits per heavy atom. The van der Waals surface area contributed by atoms with E-state index in [2.05, 4.69) is 20.6 Å². The molecule has 0 atom stereocenters. The Bertz CT molecular complexity index is 423. The minimum atomic E-state index is -0.183. The second-order valence-corrected chi connectivity index (χ2v) is 5.40. The predicted molar refractivity (Wildman–Crippen MR) is 72.5 cm³/mol. The first-order chi connectivity index (χ1) is 8.28. The van der Waals surface area contributed by atoms with Crippen LogP contribution in [0.4, 0.5) is 5.82 Å². The normalized spacial score (nSPS) is 11.2. The van der Waals surface area contributed by atoms with E-state index in [9.17, 15) is 4.79 Å². The lowest BCUT2D eigenvalue weighted by atomic mass is 10.1. The summed E-state index contributed by atoms with van der Waals surface area (Å²) in [5, 5.41) is 6.01. The first-order valence-corrected chi connectivity index (χ1v) is 6.13. The highest BCUT2D eigenvalue weighted by atomic mass is 16.1. The van der Waals surface area contributed by atoms with Crippen LogP contribution in [-0.2, 0) is 4.79 Å². The van der Waals surface area contributed by atoms with Gasteiger partial charge in [-0.05, 0) is 34.6 Å². The van der Waals surface area contributed by atoms with Crippen molar-refractivity contribution in [3.05, 3.63) is 17.6 Å². The molecule has 18 heavy (non-hydrogen) atoms. The smallest absolute Gasteiger partial charge is 0.222 e. The highest BCUT2D eigenvalue weighted by molar-refractivity contribution is 5.77. The lowest BCUT2D eigenvalue weighted by Crippen LogP contribution is -2.41. The van der Waals surface area contributed by atoms with Gasteiger partial charge in [-0.25, -0.2) is 4.98 Å². The summed E-state index contributed by atoms with van der Waals surface area (Å²) in [4.78, 5) is 20.1. The van der Waals surface area contributed by atoms with Crippen LogP contribution in [0.3, 0.4) is 0 Å². The van der Waals surface area contributed by atoms with Gasteiger partial charge in [-0.2, -0.15) is 0 Å². The van der Waals surface area contributed by atoms with Gasteiger partial charge in [-0.1, -0.05) is 0 Å². The summed E-state index contributed by atoms with van der Waals surface area (Å²) in [5.74, 6) is 0.744. The summed E-state index contributed by atoms with van der Waals surface area (Å²) in [6, 6.07) is 0. The van der Waals surface area contributed by atoms with Crippen LogP contribution in [0.25, 0.3) is 0 Å². The Kier molecular flexibility index (Phi) is 4.64. The van der Waals surface area contributed by atoms with Crippen LogP contribution in [0.1, 0.15) is 38.6 Å². The molecule has 1 aromatic heterocycles. The van der Waals surface area contributed by atoms with E-state index >= 15 is 0 Å². The van der Waals surface area contributed by atoms with Crippen molar-refractivity contribution in [2.24, 2.45) is 0 Å². The summed E-state index contributed by atoms with van der Waals surface area (Å²) < 4.78 is 0. The zero-order valence-electron chi connectivity index (χ0n) is 11.8. The number of nitrogens with one attached hydrogen (secondary N) is 2. The largest absolute Gasteiger partial charge is 0.368 e. The number of aromatic nitrogens is 2. The number of anilines is 1. The molecular formula is C13H22N4O. The van der Waals surface area contributed by atoms with E-state index in [1.165, 1.54) is 0 Å². The van der Waals surface area contributed by atoms with Crippen LogP contribution in [0.15, 0.2) is 6.20 Å². The topological polar surface area (TPSA) is 66.9 Å². The number of hydrogen-bond acceptors (Lipinski definition) is 4. The molecule has 1 heterocycles. The molecule has 0 radical (unpaired) electrons. The number of aryl methyl sites for hydroxylation is 2. The van der Waals surface area contributed by atoms with E-state index in [1.807, 2.05) is 34.6 Å². The maximum absolute atomic E-state index is 11.6. The first kappa shape index (κ1) is 14.4. The van der Waals surface area contributed by atoms with Crippen LogP contribution < -0.4 is 10.6 Å². The molecule has 0 aliphatic heterocycles. The Morgan fingerprint density at radius 2 is 1.94 bits per heavy atom. The summed E-state index contributed by atoms with van der Waals surface area (Å²) in [6.07, 6.45) is 2.11. The van der Waals surface area contributed by atoms with Gasteiger partial charge < -0.3 is 10.6 Å². The molecule has 0 saturated carbocycles. The van der Waals surface area contributed by atoms with Gasteiger partial charge in [0, 0.05) is 18.5 Å². The van der Waals surface area contributed by atoms with Crippen LogP contribution in [0.5, 0.6) is 0 Å². The molecule has 5 nitrogen and oxygen atoms in total. The SMILES string of the molecule is Cc1ncc(NCCC(=O)NC(C)(C)C)nc1C. The molecule has 100 valence electrons. The fraction of sp³-hybridized carbons (Fsp3) is 0.615. The molecule has 0 bridgehead atoms. The maximum Gasteiger partial charge on any atom is 0.222 e. The molecule has 1 rings (SSSR count). The second-order valence-electron chi connectivity index (χ2n) is 5.40. The van der Waals surface area contributed by atoms with Crippen LogP contribution in [0, 0.1) is 13.8 Å². The fourth-order valence-electron chi connectivity index (χ4n) is 1.41. The molecule has 0 unspecified atom stereocenters. The minimum absolute atomic E-state index is 0.0341. The highest BCUT2D eigenvalue weighted by Crippen LogP contribution is 2.05. The van der Waals surface area contributed by atoms with Crippen LogP contribution in [-0.4, -0.2) is 28.0 Å². The average molecular weight is 250 g/mol. The molecule has 0 fully saturated rings. The van der Waals surface area contributed by atoms with Gasteiger partial charge >= 0.3 is 0 Å². The molecule has 1 amide bonds. The molecule has 0 saturated heterocycles. The second kappa shape index (κ2) is 5.80. The van der Waals surface area contributed by atoms with E-state index in [4.69, 9.17) is 0 Å². The number of amides is 1. The number of nitrogens with zero attached hydrogens (tertiary/aromatic N) is 2. The van der Waals surface area contributed by atoms with Crippen molar-refractivity contribution in [2.45, 2.75) is 46.6 Å². The minimum Gasteiger partial charge on any atom is -0.368 e. The van der Waals surface area contributed by atoms with Gasteiger partial charge in [0.2, 0.25) is 5.91 Å². The number of hydrogen-bond donors (Lipinski definition) is 2. The summed E-state index contributed by atoms with van der Waals surface area (Å²) in [5.41, 5.74) is 1.64. The summed E-state index contributed by atoms with van der Waals surface area (Å²) >= 11 is 0.